The molecule has 0 unspecified atom stereocenters. The van der Waals surface area contributed by atoms with E-state index in [9.17, 15) is 14.4 Å². The Hall–Kier alpha value is -2.45. The summed E-state index contributed by atoms with van der Waals surface area (Å²) in [6, 6.07) is 2.90. The molecule has 0 saturated heterocycles. The summed E-state index contributed by atoms with van der Waals surface area (Å²) in [7, 11) is 1.42. The molecule has 1 aliphatic carbocycles. The number of ether oxygens (including phenoxy) is 1. The topological polar surface area (TPSA) is 97.4 Å². The van der Waals surface area contributed by atoms with Gasteiger partial charge in [-0.25, -0.2) is 4.98 Å². The fourth-order valence-corrected chi connectivity index (χ4v) is 4.25. The number of rotatable bonds is 4. The molecule has 0 aliphatic heterocycles. The van der Waals surface area contributed by atoms with Crippen molar-refractivity contribution in [3.05, 3.63) is 33.3 Å². The van der Waals surface area contributed by atoms with E-state index in [4.69, 9.17) is 16.3 Å². The van der Waals surface area contributed by atoms with Gasteiger partial charge in [-0.05, 0) is 17.9 Å². The first kappa shape index (κ1) is 20.3. The van der Waals surface area contributed by atoms with Gasteiger partial charge in [-0.1, -0.05) is 36.8 Å². The van der Waals surface area contributed by atoms with Gasteiger partial charge in [0, 0.05) is 19.4 Å². The van der Waals surface area contributed by atoms with Crippen molar-refractivity contribution >= 4 is 51.4 Å². The number of nitrogens with zero attached hydrogens (tertiary/aromatic N) is 1. The summed E-state index contributed by atoms with van der Waals surface area (Å²) >= 11 is 7.35. The van der Waals surface area contributed by atoms with Crippen molar-refractivity contribution in [1.82, 2.24) is 4.98 Å². The van der Waals surface area contributed by atoms with Crippen LogP contribution >= 0.6 is 22.9 Å². The predicted molar refractivity (Wildman–Crippen MR) is 109 cm³/mol. The molecule has 0 spiro atoms. The van der Waals surface area contributed by atoms with Crippen LogP contribution in [0.4, 0.5) is 10.8 Å². The molecule has 9 heteroatoms. The minimum Gasteiger partial charge on any atom is -0.496 e. The van der Waals surface area contributed by atoms with Gasteiger partial charge in [-0.3, -0.25) is 19.7 Å². The van der Waals surface area contributed by atoms with Gasteiger partial charge in [0.15, 0.2) is 10.9 Å². The number of anilines is 2. The summed E-state index contributed by atoms with van der Waals surface area (Å²) in [5.74, 6) is -0.457. The number of fused-ring (bicyclic) bond motifs is 1. The van der Waals surface area contributed by atoms with E-state index >= 15 is 0 Å². The summed E-state index contributed by atoms with van der Waals surface area (Å²) in [6.45, 7) is 5.40. The van der Waals surface area contributed by atoms with Gasteiger partial charge in [0.1, 0.15) is 5.75 Å². The normalized spacial score (nSPS) is 15.0. The molecule has 1 heterocycles. The molecule has 1 aromatic carbocycles. The number of aromatic nitrogens is 1. The van der Waals surface area contributed by atoms with Crippen LogP contribution in [-0.4, -0.2) is 29.7 Å². The van der Waals surface area contributed by atoms with Gasteiger partial charge in [0.05, 0.1) is 34.0 Å². The van der Waals surface area contributed by atoms with Gasteiger partial charge in [0.25, 0.3) is 5.91 Å². The van der Waals surface area contributed by atoms with Gasteiger partial charge in [-0.2, -0.15) is 0 Å². The molecule has 1 aliphatic rings. The summed E-state index contributed by atoms with van der Waals surface area (Å²) < 4.78 is 5.27. The van der Waals surface area contributed by atoms with E-state index in [1.54, 1.807) is 0 Å². The number of carbonyl (C=O) groups is 3. The van der Waals surface area contributed by atoms with Crippen LogP contribution in [0.15, 0.2) is 12.1 Å². The number of benzene rings is 1. The molecule has 148 valence electrons. The lowest BCUT2D eigenvalue weighted by atomic mass is 9.78. The molecule has 2 amide bonds. The van der Waals surface area contributed by atoms with Crippen LogP contribution in [0.25, 0.3) is 0 Å². The van der Waals surface area contributed by atoms with Crippen LogP contribution in [0.2, 0.25) is 5.02 Å². The summed E-state index contributed by atoms with van der Waals surface area (Å²) in [5, 5.41) is 5.85. The molecule has 2 aromatic rings. The fraction of sp³-hybridized carbons (Fsp3) is 0.368. The summed E-state index contributed by atoms with van der Waals surface area (Å²) in [6.07, 6.45) is 1.14. The summed E-state index contributed by atoms with van der Waals surface area (Å²) in [5.41, 5.74) is 1.12. The molecule has 0 fully saturated rings. The summed E-state index contributed by atoms with van der Waals surface area (Å²) in [4.78, 5) is 41.4. The maximum atomic E-state index is 12.7. The quantitative estimate of drug-likeness (QED) is 0.772. The second-order valence-corrected chi connectivity index (χ2v) is 8.81. The van der Waals surface area contributed by atoms with Crippen molar-refractivity contribution in [2.45, 2.75) is 33.6 Å². The zero-order chi connectivity index (χ0) is 20.6. The number of ketones is 1. The smallest absolute Gasteiger partial charge is 0.261 e. The first-order valence-electron chi connectivity index (χ1n) is 8.59. The molecule has 0 radical (unpaired) electrons. The Morgan fingerprint density at radius 1 is 1.25 bits per heavy atom. The van der Waals surface area contributed by atoms with Crippen molar-refractivity contribution in [3.8, 4) is 5.75 Å². The first-order chi connectivity index (χ1) is 13.1. The van der Waals surface area contributed by atoms with E-state index in [0.29, 0.717) is 34.2 Å². The zero-order valence-corrected chi connectivity index (χ0v) is 17.5. The van der Waals surface area contributed by atoms with Gasteiger partial charge in [0.2, 0.25) is 5.91 Å². The van der Waals surface area contributed by atoms with Crippen molar-refractivity contribution in [1.29, 1.82) is 0 Å². The van der Waals surface area contributed by atoms with Crippen LogP contribution < -0.4 is 15.4 Å². The zero-order valence-electron chi connectivity index (χ0n) is 15.9. The maximum absolute atomic E-state index is 12.7. The number of halogens is 1. The van der Waals surface area contributed by atoms with E-state index in [1.807, 2.05) is 13.8 Å². The highest BCUT2D eigenvalue weighted by molar-refractivity contribution is 7.17. The van der Waals surface area contributed by atoms with Gasteiger partial charge < -0.3 is 10.1 Å². The molecule has 0 bridgehead atoms. The highest BCUT2D eigenvalue weighted by Gasteiger charge is 2.34. The second-order valence-electron chi connectivity index (χ2n) is 7.40. The standard InChI is InChI=1S/C19H20ClN3O4S/c1-9(24)21-12-6-15(27-4)10(5-11(12)20)17(26)23-18-22-13-7-19(2,3)8-14(25)16(13)28-18/h5-6H,7-8H2,1-4H3,(H,21,24)(H,22,23,26). The molecule has 0 atom stereocenters. The molecular formula is C19H20ClN3O4S. The van der Waals surface area contributed by atoms with E-state index in [1.165, 1.54) is 37.5 Å². The Bertz CT molecular complexity index is 984. The molecule has 3 rings (SSSR count). The van der Waals surface area contributed by atoms with Crippen LogP contribution in [0.3, 0.4) is 0 Å². The van der Waals surface area contributed by atoms with Crippen molar-refractivity contribution in [3.63, 3.8) is 0 Å². The fourth-order valence-electron chi connectivity index (χ4n) is 3.12. The van der Waals surface area contributed by atoms with Crippen molar-refractivity contribution < 1.29 is 19.1 Å². The first-order valence-corrected chi connectivity index (χ1v) is 9.78. The lowest BCUT2D eigenvalue weighted by Gasteiger charge is -2.26. The van der Waals surface area contributed by atoms with Crippen molar-refractivity contribution in [2.24, 2.45) is 5.41 Å². The Kier molecular flexibility index (Phi) is 5.45. The third-order valence-corrected chi connectivity index (χ3v) is 5.67. The minimum absolute atomic E-state index is 0.0459. The minimum atomic E-state index is -0.467. The number of carbonyl (C=O) groups excluding carboxylic acids is 3. The SMILES string of the molecule is COc1cc(NC(C)=O)c(Cl)cc1C(=O)Nc1nc2c(s1)C(=O)CC(C)(C)C2. The van der Waals surface area contributed by atoms with E-state index in [0.717, 1.165) is 0 Å². The second kappa shape index (κ2) is 7.52. The van der Waals surface area contributed by atoms with Gasteiger partial charge in [-0.15, -0.1) is 0 Å². The third kappa shape index (κ3) is 4.18. The number of thiazole rings is 1. The molecule has 28 heavy (non-hydrogen) atoms. The molecule has 2 N–H and O–H groups in total. The highest BCUT2D eigenvalue weighted by Crippen LogP contribution is 2.38. The van der Waals surface area contributed by atoms with Gasteiger partial charge >= 0.3 is 0 Å². The van der Waals surface area contributed by atoms with Crippen molar-refractivity contribution in [2.75, 3.05) is 17.7 Å². The number of methoxy groups -OCH3 is 1. The maximum Gasteiger partial charge on any atom is 0.261 e. The van der Waals surface area contributed by atoms with Crippen LogP contribution in [0, 0.1) is 5.41 Å². The lowest BCUT2D eigenvalue weighted by Crippen LogP contribution is -2.26. The van der Waals surface area contributed by atoms with Crippen LogP contribution in [0.1, 0.15) is 52.9 Å². The van der Waals surface area contributed by atoms with E-state index in [2.05, 4.69) is 15.6 Å². The molecule has 1 aromatic heterocycles. The molecular weight excluding hydrogens is 402 g/mol. The monoisotopic (exact) mass is 421 g/mol. The Labute approximate surface area is 171 Å². The highest BCUT2D eigenvalue weighted by atomic mass is 35.5. The average molecular weight is 422 g/mol. The largest absolute Gasteiger partial charge is 0.496 e. The van der Waals surface area contributed by atoms with Crippen LogP contribution in [0.5, 0.6) is 5.75 Å². The number of nitrogens with one attached hydrogen (secondary N) is 2. The van der Waals surface area contributed by atoms with E-state index in [-0.39, 0.29) is 33.4 Å². The predicted octanol–water partition coefficient (Wildman–Crippen LogP) is 4.17. The molecule has 7 nitrogen and oxygen atoms in total. The number of hydrogen-bond donors (Lipinski definition) is 2. The third-order valence-electron chi connectivity index (χ3n) is 4.30. The van der Waals surface area contributed by atoms with E-state index < -0.39 is 5.91 Å². The molecule has 0 saturated carbocycles. The Morgan fingerprint density at radius 3 is 2.61 bits per heavy atom. The Morgan fingerprint density at radius 2 is 1.96 bits per heavy atom. The number of hydrogen-bond acceptors (Lipinski definition) is 6. The average Bonchev–Trinajstić information content (AvgIpc) is 2.97. The number of Topliss-reactive ketones (excluding diaryl/α,β-unsaturated/α-hetero) is 1. The van der Waals surface area contributed by atoms with Crippen LogP contribution in [-0.2, 0) is 11.2 Å². The Balaban J connectivity index is 1.87. The lowest BCUT2D eigenvalue weighted by molar-refractivity contribution is -0.114. The number of amides is 2.